The number of carbonyl (C=O) groups is 2. The van der Waals surface area contributed by atoms with Crippen LogP contribution in [0.15, 0.2) is 18.2 Å². The van der Waals surface area contributed by atoms with Crippen LogP contribution in [-0.4, -0.2) is 42.8 Å². The molecule has 1 aromatic carbocycles. The Morgan fingerprint density at radius 2 is 2.10 bits per heavy atom. The first kappa shape index (κ1) is 15.6. The third kappa shape index (κ3) is 4.34. The Morgan fingerprint density at radius 1 is 1.38 bits per heavy atom. The molecule has 6 nitrogen and oxygen atoms in total. The van der Waals surface area contributed by atoms with E-state index in [0.29, 0.717) is 13.2 Å². The number of aromatic carboxylic acids is 1. The first-order chi connectivity index (χ1) is 10.1. The number of rotatable bonds is 5. The van der Waals surface area contributed by atoms with Gasteiger partial charge in [0, 0.05) is 19.3 Å². The van der Waals surface area contributed by atoms with Crippen molar-refractivity contribution >= 4 is 23.5 Å². The molecule has 1 amide bonds. The van der Waals surface area contributed by atoms with E-state index in [0.717, 1.165) is 12.8 Å². The number of hydrogen-bond acceptors (Lipinski definition) is 4. The molecule has 1 saturated heterocycles. The van der Waals surface area contributed by atoms with Gasteiger partial charge in [-0.05, 0) is 25.0 Å². The maximum atomic E-state index is 11.8. The lowest BCUT2D eigenvalue weighted by Gasteiger charge is -2.23. The largest absolute Gasteiger partial charge is 0.481 e. The van der Waals surface area contributed by atoms with Gasteiger partial charge in [0.2, 0.25) is 0 Å². The van der Waals surface area contributed by atoms with Crippen LogP contribution in [-0.2, 0) is 9.53 Å². The van der Waals surface area contributed by atoms with Gasteiger partial charge in [0.05, 0.1) is 5.02 Å². The van der Waals surface area contributed by atoms with E-state index in [1.807, 2.05) is 0 Å². The van der Waals surface area contributed by atoms with Crippen LogP contribution in [0.3, 0.4) is 0 Å². The van der Waals surface area contributed by atoms with Gasteiger partial charge in [0.25, 0.3) is 5.91 Å². The van der Waals surface area contributed by atoms with E-state index >= 15 is 0 Å². The maximum Gasteiger partial charge on any atom is 0.339 e. The van der Waals surface area contributed by atoms with Crippen LogP contribution in [0.4, 0.5) is 0 Å². The number of benzene rings is 1. The summed E-state index contributed by atoms with van der Waals surface area (Å²) < 4.78 is 10.5. The van der Waals surface area contributed by atoms with Crippen molar-refractivity contribution < 1.29 is 24.2 Å². The van der Waals surface area contributed by atoms with Gasteiger partial charge in [0.15, 0.2) is 12.4 Å². The Morgan fingerprint density at radius 3 is 2.76 bits per heavy atom. The molecule has 1 aliphatic rings. The monoisotopic (exact) mass is 313 g/mol. The molecule has 2 N–H and O–H groups in total. The smallest absolute Gasteiger partial charge is 0.339 e. The van der Waals surface area contributed by atoms with Crippen LogP contribution < -0.4 is 10.1 Å². The summed E-state index contributed by atoms with van der Waals surface area (Å²) in [5, 5.41) is 12.0. The predicted octanol–water partition coefficient (Wildman–Crippen LogP) is 1.71. The van der Waals surface area contributed by atoms with E-state index in [9.17, 15) is 9.59 Å². The zero-order valence-electron chi connectivity index (χ0n) is 11.3. The number of para-hydroxylation sites is 1. The van der Waals surface area contributed by atoms with Crippen LogP contribution in [0.2, 0.25) is 5.02 Å². The van der Waals surface area contributed by atoms with Crippen molar-refractivity contribution in [2.75, 3.05) is 19.8 Å². The fourth-order valence-corrected chi connectivity index (χ4v) is 2.30. The summed E-state index contributed by atoms with van der Waals surface area (Å²) in [5.74, 6) is -1.45. The second kappa shape index (κ2) is 7.28. The first-order valence-electron chi connectivity index (χ1n) is 6.59. The molecule has 0 radical (unpaired) electrons. The van der Waals surface area contributed by atoms with Gasteiger partial charge in [-0.15, -0.1) is 0 Å². The molecule has 0 aliphatic carbocycles. The molecule has 0 bridgehead atoms. The summed E-state index contributed by atoms with van der Waals surface area (Å²) in [6.07, 6.45) is 1.52. The van der Waals surface area contributed by atoms with Crippen molar-refractivity contribution in [1.82, 2.24) is 5.32 Å². The summed E-state index contributed by atoms with van der Waals surface area (Å²) in [6.45, 7) is 0.973. The molecule has 1 aliphatic heterocycles. The summed E-state index contributed by atoms with van der Waals surface area (Å²) >= 11 is 5.91. The molecule has 7 heteroatoms. The lowest BCUT2D eigenvalue weighted by molar-refractivity contribution is -0.124. The lowest BCUT2D eigenvalue weighted by Crippen LogP contribution is -2.41. The van der Waals surface area contributed by atoms with Crippen molar-refractivity contribution in [3.63, 3.8) is 0 Å². The molecule has 0 atom stereocenters. The summed E-state index contributed by atoms with van der Waals surface area (Å²) in [7, 11) is 0. The fraction of sp³-hybridized carbons (Fsp3) is 0.429. The standard InChI is InChI=1S/C14H16ClNO5/c15-11-3-1-2-10(14(18)19)13(11)21-8-12(17)16-9-4-6-20-7-5-9/h1-3,9H,4-8H2,(H,16,17)(H,18,19). The maximum absolute atomic E-state index is 11.8. The highest BCUT2D eigenvalue weighted by Gasteiger charge is 2.18. The normalized spacial score (nSPS) is 15.5. The molecular weight excluding hydrogens is 298 g/mol. The van der Waals surface area contributed by atoms with Gasteiger partial charge in [-0.1, -0.05) is 17.7 Å². The molecule has 0 unspecified atom stereocenters. The average Bonchev–Trinajstić information content (AvgIpc) is 2.46. The van der Waals surface area contributed by atoms with Crippen LogP contribution >= 0.6 is 11.6 Å². The van der Waals surface area contributed by atoms with Crippen LogP contribution in [0.25, 0.3) is 0 Å². The third-order valence-corrected chi connectivity index (χ3v) is 3.43. The molecule has 1 aromatic rings. The van der Waals surface area contributed by atoms with Crippen molar-refractivity contribution in [3.8, 4) is 5.75 Å². The lowest BCUT2D eigenvalue weighted by atomic mass is 10.1. The molecule has 2 rings (SSSR count). The molecule has 0 aromatic heterocycles. The minimum Gasteiger partial charge on any atom is -0.481 e. The number of halogens is 1. The molecule has 1 fully saturated rings. The van der Waals surface area contributed by atoms with Crippen molar-refractivity contribution in [3.05, 3.63) is 28.8 Å². The Kier molecular flexibility index (Phi) is 5.41. The second-order valence-electron chi connectivity index (χ2n) is 4.66. The summed E-state index contributed by atoms with van der Waals surface area (Å²) in [4.78, 5) is 22.9. The predicted molar refractivity (Wildman–Crippen MR) is 75.9 cm³/mol. The topological polar surface area (TPSA) is 84.9 Å². The average molecular weight is 314 g/mol. The van der Waals surface area contributed by atoms with Gasteiger partial charge in [-0.2, -0.15) is 0 Å². The zero-order chi connectivity index (χ0) is 15.2. The van der Waals surface area contributed by atoms with E-state index < -0.39 is 5.97 Å². The summed E-state index contributed by atoms with van der Waals surface area (Å²) in [6, 6.07) is 4.47. The number of carboxylic acids is 1. The quantitative estimate of drug-likeness (QED) is 0.864. The van der Waals surface area contributed by atoms with Gasteiger partial charge in [-0.3, -0.25) is 4.79 Å². The number of ether oxygens (including phenoxy) is 2. The third-order valence-electron chi connectivity index (χ3n) is 3.13. The van der Waals surface area contributed by atoms with E-state index in [1.165, 1.54) is 18.2 Å². The fourth-order valence-electron chi connectivity index (χ4n) is 2.07. The van der Waals surface area contributed by atoms with Gasteiger partial charge >= 0.3 is 5.97 Å². The molecule has 1 heterocycles. The second-order valence-corrected chi connectivity index (χ2v) is 5.07. The van der Waals surface area contributed by atoms with E-state index in [-0.39, 0.29) is 34.9 Å². The Bertz CT molecular complexity index is 528. The van der Waals surface area contributed by atoms with Crippen LogP contribution in [0.1, 0.15) is 23.2 Å². The van der Waals surface area contributed by atoms with Gasteiger partial charge in [-0.25, -0.2) is 4.79 Å². The number of hydrogen-bond donors (Lipinski definition) is 2. The van der Waals surface area contributed by atoms with Gasteiger partial charge < -0.3 is 19.9 Å². The number of nitrogens with one attached hydrogen (secondary N) is 1. The SMILES string of the molecule is O=C(COc1c(Cl)cccc1C(=O)O)NC1CCOCC1. The highest BCUT2D eigenvalue weighted by Crippen LogP contribution is 2.28. The minimum absolute atomic E-state index is 0.00814. The van der Waals surface area contributed by atoms with E-state index in [4.69, 9.17) is 26.2 Å². The number of carboxylic acid groups (broad SMARTS) is 1. The molecule has 114 valence electrons. The summed E-state index contributed by atoms with van der Waals surface area (Å²) in [5.41, 5.74) is -0.0682. The van der Waals surface area contributed by atoms with Crippen LogP contribution in [0, 0.1) is 0 Å². The van der Waals surface area contributed by atoms with E-state index in [2.05, 4.69) is 5.32 Å². The Hall–Kier alpha value is -1.79. The van der Waals surface area contributed by atoms with E-state index in [1.54, 1.807) is 0 Å². The molecular formula is C14H16ClNO5. The van der Waals surface area contributed by atoms with Crippen molar-refractivity contribution in [2.45, 2.75) is 18.9 Å². The van der Waals surface area contributed by atoms with Crippen LogP contribution in [0.5, 0.6) is 5.75 Å². The number of carbonyl (C=O) groups excluding carboxylic acids is 1. The number of amides is 1. The molecule has 0 spiro atoms. The highest BCUT2D eigenvalue weighted by molar-refractivity contribution is 6.32. The Labute approximate surface area is 127 Å². The zero-order valence-corrected chi connectivity index (χ0v) is 12.1. The highest BCUT2D eigenvalue weighted by atomic mass is 35.5. The Balaban J connectivity index is 1.93. The van der Waals surface area contributed by atoms with Crippen molar-refractivity contribution in [1.29, 1.82) is 0 Å². The minimum atomic E-state index is -1.16. The molecule has 21 heavy (non-hydrogen) atoms. The first-order valence-corrected chi connectivity index (χ1v) is 6.97. The van der Waals surface area contributed by atoms with Crippen molar-refractivity contribution in [2.24, 2.45) is 0 Å². The molecule has 0 saturated carbocycles. The van der Waals surface area contributed by atoms with Gasteiger partial charge in [0.1, 0.15) is 5.56 Å².